The summed E-state index contributed by atoms with van der Waals surface area (Å²) in [5, 5.41) is 0.102. The minimum Gasteiger partial charge on any atom is -0.416 e. The molecule has 0 aromatic carbocycles. The van der Waals surface area contributed by atoms with Gasteiger partial charge in [-0.1, -0.05) is 32.9 Å². The molecule has 0 aliphatic rings. The van der Waals surface area contributed by atoms with E-state index in [4.69, 9.17) is 8.61 Å². The molecule has 0 N–H and O–H groups in total. The predicted molar refractivity (Wildman–Crippen MR) is 91.4 cm³/mol. The highest BCUT2D eigenvalue weighted by Gasteiger charge is 2.38. The minimum absolute atomic E-state index is 0.102. The molecule has 0 bridgehead atoms. The van der Waals surface area contributed by atoms with E-state index in [1.807, 2.05) is 0 Å². The lowest BCUT2D eigenvalue weighted by Gasteiger charge is -2.37. The summed E-state index contributed by atoms with van der Waals surface area (Å²) in [6.07, 6.45) is 4.33. The molecule has 0 unspecified atom stereocenters. The van der Waals surface area contributed by atoms with Gasteiger partial charge < -0.3 is 4.43 Å². The summed E-state index contributed by atoms with van der Waals surface area (Å²) in [4.78, 5) is 0. The Labute approximate surface area is 131 Å². The third-order valence-electron chi connectivity index (χ3n) is 3.92. The van der Waals surface area contributed by atoms with Crippen molar-refractivity contribution in [2.24, 2.45) is 5.92 Å². The summed E-state index contributed by atoms with van der Waals surface area (Å²) in [5.74, 6) is -0.188. The summed E-state index contributed by atoms with van der Waals surface area (Å²) in [6, 6.07) is 0. The third-order valence-corrected chi connectivity index (χ3v) is 9.02. The maximum atomic E-state index is 11.4. The zero-order valence-corrected chi connectivity index (χ0v) is 16.0. The molecule has 0 rings (SSSR count). The van der Waals surface area contributed by atoms with Crippen molar-refractivity contribution in [3.05, 3.63) is 25.3 Å². The van der Waals surface area contributed by atoms with Crippen molar-refractivity contribution in [1.82, 2.24) is 0 Å². The fourth-order valence-electron chi connectivity index (χ4n) is 1.52. The fourth-order valence-corrected chi connectivity index (χ4v) is 3.23. The Hall–Kier alpha value is -0.433. The molecule has 0 aromatic rings. The molecular weight excluding hydrogens is 304 g/mol. The van der Waals surface area contributed by atoms with Gasteiger partial charge in [-0.3, -0.25) is 4.18 Å². The van der Waals surface area contributed by atoms with Crippen LogP contribution in [-0.4, -0.2) is 35.7 Å². The zero-order chi connectivity index (χ0) is 16.9. The van der Waals surface area contributed by atoms with Gasteiger partial charge in [0.15, 0.2) is 8.32 Å². The topological polar surface area (TPSA) is 52.6 Å². The number of hydrogen-bond donors (Lipinski definition) is 0. The van der Waals surface area contributed by atoms with Crippen LogP contribution >= 0.6 is 0 Å². The Bertz CT molecular complexity index is 449. The molecule has 0 saturated carbocycles. The van der Waals surface area contributed by atoms with Crippen LogP contribution in [0, 0.1) is 5.92 Å². The van der Waals surface area contributed by atoms with E-state index in [-0.39, 0.29) is 11.0 Å². The summed E-state index contributed by atoms with van der Waals surface area (Å²) < 4.78 is 34.0. The molecule has 124 valence electrons. The third kappa shape index (κ3) is 7.40. The maximum Gasteiger partial charge on any atom is 0.264 e. The minimum atomic E-state index is -3.52. The molecule has 0 aliphatic heterocycles. The lowest BCUT2D eigenvalue weighted by molar-refractivity contribution is 0.124. The second kappa shape index (κ2) is 7.72. The van der Waals surface area contributed by atoms with E-state index in [0.717, 1.165) is 6.26 Å². The first-order valence-corrected chi connectivity index (χ1v) is 11.8. The van der Waals surface area contributed by atoms with Crippen molar-refractivity contribution >= 4 is 18.4 Å². The second-order valence-electron chi connectivity index (χ2n) is 6.83. The molecule has 21 heavy (non-hydrogen) atoms. The van der Waals surface area contributed by atoms with Gasteiger partial charge in [-0.15, -0.1) is 13.2 Å². The van der Waals surface area contributed by atoms with E-state index in [1.54, 1.807) is 12.2 Å². The van der Waals surface area contributed by atoms with E-state index < -0.39 is 24.5 Å². The van der Waals surface area contributed by atoms with Gasteiger partial charge in [0.05, 0.1) is 12.4 Å². The second-order valence-corrected chi connectivity index (χ2v) is 13.2. The average Bonchev–Trinajstić information content (AvgIpc) is 2.26. The van der Waals surface area contributed by atoms with Crippen LogP contribution in [0.15, 0.2) is 25.3 Å². The largest absolute Gasteiger partial charge is 0.416 e. The molecule has 6 heteroatoms. The van der Waals surface area contributed by atoms with Crippen LogP contribution in [0.2, 0.25) is 18.1 Å². The summed E-state index contributed by atoms with van der Waals surface area (Å²) in [5.41, 5.74) is 0. The lowest BCUT2D eigenvalue weighted by atomic mass is 10.0. The van der Waals surface area contributed by atoms with Gasteiger partial charge in [-0.25, -0.2) is 0 Å². The standard InChI is InChI=1S/C15H30O4SSi/c1-9-11-14(19-20(6,16)17)13(10-2)12-18-21(7,8)15(3,4)5/h9-10,13-14H,1-2,11-12H2,3-8H3/t13-,14+/m1/s1. The molecule has 0 amide bonds. The van der Waals surface area contributed by atoms with Crippen molar-refractivity contribution in [3.8, 4) is 0 Å². The Kier molecular flexibility index (Phi) is 7.56. The molecule has 0 fully saturated rings. The van der Waals surface area contributed by atoms with E-state index in [2.05, 4.69) is 47.0 Å². The quantitative estimate of drug-likeness (QED) is 0.366. The highest BCUT2D eigenvalue weighted by atomic mass is 32.2. The van der Waals surface area contributed by atoms with E-state index in [9.17, 15) is 8.42 Å². The van der Waals surface area contributed by atoms with Crippen molar-refractivity contribution in [2.45, 2.75) is 51.4 Å². The van der Waals surface area contributed by atoms with Gasteiger partial charge in [0, 0.05) is 12.5 Å². The van der Waals surface area contributed by atoms with Crippen LogP contribution in [0.3, 0.4) is 0 Å². The van der Waals surface area contributed by atoms with E-state index >= 15 is 0 Å². The lowest BCUT2D eigenvalue weighted by Crippen LogP contribution is -2.43. The molecule has 0 radical (unpaired) electrons. The highest BCUT2D eigenvalue weighted by Crippen LogP contribution is 2.37. The van der Waals surface area contributed by atoms with Gasteiger partial charge >= 0.3 is 0 Å². The van der Waals surface area contributed by atoms with Gasteiger partial charge in [-0.2, -0.15) is 8.42 Å². The first-order valence-electron chi connectivity index (χ1n) is 7.09. The first kappa shape index (κ1) is 20.6. The van der Waals surface area contributed by atoms with Gasteiger partial charge in [0.1, 0.15) is 0 Å². The van der Waals surface area contributed by atoms with E-state index in [1.165, 1.54) is 0 Å². The molecule has 0 aliphatic carbocycles. The van der Waals surface area contributed by atoms with Crippen LogP contribution in [0.1, 0.15) is 27.2 Å². The Balaban J connectivity index is 4.96. The predicted octanol–water partition coefficient (Wildman–Crippen LogP) is 3.73. The maximum absolute atomic E-state index is 11.4. The SMILES string of the molecule is C=CC[C@H](OS(C)(=O)=O)[C@H](C=C)CO[Si](C)(C)C(C)(C)C. The molecular formula is C15H30O4SSi. The Morgan fingerprint density at radius 1 is 1.24 bits per heavy atom. The van der Waals surface area contributed by atoms with E-state index in [0.29, 0.717) is 13.0 Å². The molecule has 0 aromatic heterocycles. The van der Waals surface area contributed by atoms with Gasteiger partial charge in [0.2, 0.25) is 0 Å². The van der Waals surface area contributed by atoms with Crippen molar-refractivity contribution in [2.75, 3.05) is 12.9 Å². The van der Waals surface area contributed by atoms with Crippen molar-refractivity contribution in [3.63, 3.8) is 0 Å². The first-order chi connectivity index (χ1) is 9.34. The normalized spacial score (nSPS) is 16.3. The fraction of sp³-hybridized carbons (Fsp3) is 0.733. The van der Waals surface area contributed by atoms with Crippen LogP contribution in [0.25, 0.3) is 0 Å². The zero-order valence-electron chi connectivity index (χ0n) is 14.2. The van der Waals surface area contributed by atoms with Crippen LogP contribution < -0.4 is 0 Å². The van der Waals surface area contributed by atoms with Gasteiger partial charge in [0.25, 0.3) is 10.1 Å². The highest BCUT2D eigenvalue weighted by molar-refractivity contribution is 7.86. The summed E-state index contributed by atoms with van der Waals surface area (Å²) >= 11 is 0. The molecule has 2 atom stereocenters. The summed E-state index contributed by atoms with van der Waals surface area (Å²) in [6.45, 7) is 18.7. The average molecular weight is 335 g/mol. The molecule has 0 spiro atoms. The van der Waals surface area contributed by atoms with Gasteiger partial charge in [-0.05, 0) is 24.6 Å². The van der Waals surface area contributed by atoms with Crippen LogP contribution in [0.4, 0.5) is 0 Å². The smallest absolute Gasteiger partial charge is 0.264 e. The molecule has 4 nitrogen and oxygen atoms in total. The Morgan fingerprint density at radius 3 is 2.10 bits per heavy atom. The van der Waals surface area contributed by atoms with Crippen LogP contribution in [0.5, 0.6) is 0 Å². The number of rotatable bonds is 9. The molecule has 0 heterocycles. The van der Waals surface area contributed by atoms with Crippen molar-refractivity contribution < 1.29 is 17.0 Å². The number of hydrogen-bond acceptors (Lipinski definition) is 4. The summed E-state index contributed by atoms with van der Waals surface area (Å²) in [7, 11) is -5.41. The van der Waals surface area contributed by atoms with Crippen molar-refractivity contribution in [1.29, 1.82) is 0 Å². The Morgan fingerprint density at radius 2 is 1.76 bits per heavy atom. The monoisotopic (exact) mass is 334 g/mol. The van der Waals surface area contributed by atoms with Crippen LogP contribution in [-0.2, 0) is 18.7 Å². The molecule has 0 saturated heterocycles.